The zero-order valence-electron chi connectivity index (χ0n) is 15.0. The van der Waals surface area contributed by atoms with E-state index in [1.165, 1.54) is 4.70 Å². The lowest BCUT2D eigenvalue weighted by Crippen LogP contribution is -2.48. The zero-order chi connectivity index (χ0) is 18.1. The zero-order valence-corrected chi connectivity index (χ0v) is 15.8. The number of anilines is 1. The molecule has 1 fully saturated rings. The third kappa shape index (κ3) is 3.44. The lowest BCUT2D eigenvalue weighted by Gasteiger charge is -2.33. The van der Waals surface area contributed by atoms with Crippen molar-refractivity contribution >= 4 is 32.6 Å². The maximum absolute atomic E-state index is 12.5. The quantitative estimate of drug-likeness (QED) is 0.763. The van der Waals surface area contributed by atoms with Crippen molar-refractivity contribution in [2.45, 2.75) is 39.2 Å². The van der Waals surface area contributed by atoms with Crippen LogP contribution >= 0.6 is 11.3 Å². The summed E-state index contributed by atoms with van der Waals surface area (Å²) in [6.07, 6.45) is 2.36. The summed E-state index contributed by atoms with van der Waals surface area (Å²) < 4.78 is 6.35. The van der Waals surface area contributed by atoms with Gasteiger partial charge in [-0.2, -0.15) is 0 Å². The molecule has 0 radical (unpaired) electrons. The summed E-state index contributed by atoms with van der Waals surface area (Å²) in [4.78, 5) is 19.5. The molecule has 3 aromatic rings. The molecule has 1 N–H and O–H groups in total. The van der Waals surface area contributed by atoms with Crippen LogP contribution in [0.1, 0.15) is 29.9 Å². The van der Waals surface area contributed by atoms with E-state index in [0.717, 1.165) is 53.6 Å². The molecule has 0 saturated carbocycles. The van der Waals surface area contributed by atoms with E-state index >= 15 is 0 Å². The van der Waals surface area contributed by atoms with Crippen LogP contribution in [-0.4, -0.2) is 35.2 Å². The third-order valence-corrected chi connectivity index (χ3v) is 5.96. The standard InChI is InChI=1S/C19H22N4O2S/c1-12-15(13(2)25-22-12)10-18(24)20-14-6-5-9-23(11-14)19-21-16-7-3-4-8-17(16)26-19/h3-4,7-8,14H,5-6,9-11H2,1-2H3,(H,20,24)/t14-/m1/s1. The summed E-state index contributed by atoms with van der Waals surface area (Å²) in [7, 11) is 0. The van der Waals surface area contributed by atoms with Crippen molar-refractivity contribution in [3.63, 3.8) is 0 Å². The average Bonchev–Trinajstić information content (AvgIpc) is 3.20. The Morgan fingerprint density at radius 3 is 3.00 bits per heavy atom. The second-order valence-corrected chi connectivity index (χ2v) is 7.81. The molecule has 3 heterocycles. The largest absolute Gasteiger partial charge is 0.361 e. The Labute approximate surface area is 156 Å². The minimum atomic E-state index is 0.0237. The molecule has 4 rings (SSSR count). The highest BCUT2D eigenvalue weighted by Crippen LogP contribution is 2.30. The Morgan fingerprint density at radius 2 is 2.23 bits per heavy atom. The number of hydrogen-bond acceptors (Lipinski definition) is 6. The van der Waals surface area contributed by atoms with Crippen LogP contribution in [0.4, 0.5) is 5.13 Å². The predicted molar refractivity (Wildman–Crippen MR) is 103 cm³/mol. The van der Waals surface area contributed by atoms with E-state index in [4.69, 9.17) is 9.51 Å². The first-order valence-electron chi connectivity index (χ1n) is 8.92. The van der Waals surface area contributed by atoms with Gasteiger partial charge in [-0.3, -0.25) is 4.79 Å². The van der Waals surface area contributed by atoms with Gasteiger partial charge in [0.1, 0.15) is 5.76 Å². The molecule has 1 saturated heterocycles. The van der Waals surface area contributed by atoms with Crippen LogP contribution in [-0.2, 0) is 11.2 Å². The van der Waals surface area contributed by atoms with Crippen molar-refractivity contribution in [1.29, 1.82) is 0 Å². The fourth-order valence-corrected chi connectivity index (χ4v) is 4.46. The Kier molecular flexibility index (Phi) is 4.63. The summed E-state index contributed by atoms with van der Waals surface area (Å²) in [6.45, 7) is 5.50. The van der Waals surface area contributed by atoms with E-state index in [1.54, 1.807) is 11.3 Å². The molecule has 136 valence electrons. The highest BCUT2D eigenvalue weighted by Gasteiger charge is 2.24. The van der Waals surface area contributed by atoms with Crippen LogP contribution in [0.3, 0.4) is 0 Å². The molecule has 1 aliphatic rings. The molecule has 1 amide bonds. The number of nitrogens with zero attached hydrogens (tertiary/aromatic N) is 3. The van der Waals surface area contributed by atoms with E-state index in [9.17, 15) is 4.79 Å². The van der Waals surface area contributed by atoms with E-state index in [1.807, 2.05) is 32.0 Å². The van der Waals surface area contributed by atoms with Crippen molar-refractivity contribution in [3.8, 4) is 0 Å². The van der Waals surface area contributed by atoms with E-state index in [2.05, 4.69) is 21.4 Å². The van der Waals surface area contributed by atoms with Gasteiger partial charge < -0.3 is 14.7 Å². The Morgan fingerprint density at radius 1 is 1.38 bits per heavy atom. The molecule has 1 atom stereocenters. The van der Waals surface area contributed by atoms with Crippen LogP contribution in [0, 0.1) is 13.8 Å². The van der Waals surface area contributed by atoms with Gasteiger partial charge in [-0.1, -0.05) is 28.6 Å². The highest BCUT2D eigenvalue weighted by atomic mass is 32.1. The first-order chi connectivity index (χ1) is 12.6. The number of nitrogens with one attached hydrogen (secondary N) is 1. The average molecular weight is 370 g/mol. The number of benzene rings is 1. The molecule has 0 unspecified atom stereocenters. The van der Waals surface area contributed by atoms with Gasteiger partial charge in [-0.15, -0.1) is 0 Å². The molecule has 1 aromatic carbocycles. The summed E-state index contributed by atoms with van der Waals surface area (Å²) in [5.74, 6) is 0.743. The van der Waals surface area contributed by atoms with Crippen molar-refractivity contribution < 1.29 is 9.32 Å². The highest BCUT2D eigenvalue weighted by molar-refractivity contribution is 7.22. The molecule has 2 aromatic heterocycles. The van der Waals surface area contributed by atoms with Gasteiger partial charge in [0.15, 0.2) is 5.13 Å². The van der Waals surface area contributed by atoms with Gasteiger partial charge in [-0.25, -0.2) is 4.98 Å². The molecule has 26 heavy (non-hydrogen) atoms. The van der Waals surface area contributed by atoms with Gasteiger partial charge in [0.05, 0.1) is 22.3 Å². The molecular weight excluding hydrogens is 348 g/mol. The van der Waals surface area contributed by atoms with Crippen LogP contribution in [0.15, 0.2) is 28.8 Å². The Hall–Kier alpha value is -2.41. The predicted octanol–water partition coefficient (Wildman–Crippen LogP) is 3.23. The van der Waals surface area contributed by atoms with Gasteiger partial charge in [-0.05, 0) is 38.8 Å². The van der Waals surface area contributed by atoms with Crippen molar-refractivity contribution in [3.05, 3.63) is 41.3 Å². The fourth-order valence-electron chi connectivity index (χ4n) is 3.46. The molecule has 1 aliphatic heterocycles. The SMILES string of the molecule is Cc1noc(C)c1CC(=O)N[C@@H]1CCCN(c2nc3ccccc3s2)C1. The first kappa shape index (κ1) is 17.0. The molecule has 6 nitrogen and oxygen atoms in total. The number of hydrogen-bond donors (Lipinski definition) is 1. The van der Waals surface area contributed by atoms with Crippen LogP contribution < -0.4 is 10.2 Å². The van der Waals surface area contributed by atoms with Gasteiger partial charge in [0, 0.05) is 24.7 Å². The van der Waals surface area contributed by atoms with Crippen molar-refractivity contribution in [1.82, 2.24) is 15.5 Å². The minimum Gasteiger partial charge on any atom is -0.361 e. The Bertz CT molecular complexity index is 880. The fraction of sp³-hybridized carbons (Fsp3) is 0.421. The van der Waals surface area contributed by atoms with Gasteiger partial charge in [0.25, 0.3) is 0 Å². The van der Waals surface area contributed by atoms with E-state index < -0.39 is 0 Å². The number of carbonyl (C=O) groups excluding carboxylic acids is 1. The number of carbonyl (C=O) groups is 1. The first-order valence-corrected chi connectivity index (χ1v) is 9.73. The summed E-state index contributed by atoms with van der Waals surface area (Å²) >= 11 is 1.71. The number of rotatable bonds is 4. The third-order valence-electron chi connectivity index (χ3n) is 4.86. The number of amides is 1. The molecule has 0 spiro atoms. The molecule has 0 aliphatic carbocycles. The number of aromatic nitrogens is 2. The molecule has 0 bridgehead atoms. The monoisotopic (exact) mass is 370 g/mol. The van der Waals surface area contributed by atoms with Crippen LogP contribution in [0.5, 0.6) is 0 Å². The summed E-state index contributed by atoms with van der Waals surface area (Å²) in [6, 6.07) is 8.34. The van der Waals surface area contributed by atoms with Gasteiger partial charge in [0.2, 0.25) is 5.91 Å². The second kappa shape index (κ2) is 7.07. The topological polar surface area (TPSA) is 71.3 Å². The Balaban J connectivity index is 1.41. The second-order valence-electron chi connectivity index (χ2n) is 6.80. The van der Waals surface area contributed by atoms with E-state index in [-0.39, 0.29) is 11.9 Å². The number of thiazole rings is 1. The van der Waals surface area contributed by atoms with Crippen molar-refractivity contribution in [2.24, 2.45) is 0 Å². The number of aryl methyl sites for hydroxylation is 2. The maximum Gasteiger partial charge on any atom is 0.224 e. The number of piperidine rings is 1. The summed E-state index contributed by atoms with van der Waals surface area (Å²) in [5, 5.41) is 8.13. The van der Waals surface area contributed by atoms with Crippen LogP contribution in [0.25, 0.3) is 10.2 Å². The van der Waals surface area contributed by atoms with E-state index in [0.29, 0.717) is 6.42 Å². The maximum atomic E-state index is 12.5. The molecular formula is C19H22N4O2S. The molecule has 7 heteroatoms. The lowest BCUT2D eigenvalue weighted by molar-refractivity contribution is -0.121. The van der Waals surface area contributed by atoms with Crippen molar-refractivity contribution in [2.75, 3.05) is 18.0 Å². The number of para-hydroxylation sites is 1. The van der Waals surface area contributed by atoms with Gasteiger partial charge >= 0.3 is 0 Å². The summed E-state index contributed by atoms with van der Waals surface area (Å²) in [5.41, 5.74) is 2.72. The normalized spacial score (nSPS) is 17.6. The van der Waals surface area contributed by atoms with Crippen LogP contribution in [0.2, 0.25) is 0 Å². The number of fused-ring (bicyclic) bond motifs is 1. The lowest BCUT2D eigenvalue weighted by atomic mass is 10.1. The smallest absolute Gasteiger partial charge is 0.224 e. The minimum absolute atomic E-state index is 0.0237.